The summed E-state index contributed by atoms with van der Waals surface area (Å²) >= 11 is 7.04. The fourth-order valence-corrected chi connectivity index (χ4v) is 5.21. The number of amidine groups is 1. The molecule has 7 nitrogen and oxygen atoms in total. The predicted molar refractivity (Wildman–Crippen MR) is 132 cm³/mol. The second-order valence-electron chi connectivity index (χ2n) is 8.32. The van der Waals surface area contributed by atoms with Crippen molar-refractivity contribution in [2.45, 2.75) is 19.1 Å². The number of aromatic nitrogens is 2. The smallest absolute Gasteiger partial charge is 0.354 e. The van der Waals surface area contributed by atoms with Crippen molar-refractivity contribution in [1.29, 1.82) is 0 Å². The number of alkyl halides is 3. The first-order valence-corrected chi connectivity index (χ1v) is 12.2. The lowest BCUT2D eigenvalue weighted by Gasteiger charge is -2.19. The zero-order valence-corrected chi connectivity index (χ0v) is 20.3. The van der Waals surface area contributed by atoms with E-state index in [-0.39, 0.29) is 28.9 Å². The molecule has 3 heterocycles. The molecule has 2 amide bonds. The van der Waals surface area contributed by atoms with Gasteiger partial charge in [-0.05, 0) is 53.2 Å². The summed E-state index contributed by atoms with van der Waals surface area (Å²) in [5.41, 5.74) is 0.664. The third kappa shape index (κ3) is 5.12. The molecule has 0 unspecified atom stereocenters. The molecule has 36 heavy (non-hydrogen) atoms. The largest absolute Gasteiger partial charge is 0.416 e. The van der Waals surface area contributed by atoms with Crippen LogP contribution in [0.2, 0.25) is 5.02 Å². The molecule has 5 rings (SSSR count). The molecule has 186 valence electrons. The molecule has 12 heteroatoms. The molecule has 0 saturated carbocycles. The summed E-state index contributed by atoms with van der Waals surface area (Å²) in [5, 5.41) is 8.37. The fourth-order valence-electron chi connectivity index (χ4n) is 4.08. The molecule has 0 bridgehead atoms. The highest BCUT2D eigenvalue weighted by Gasteiger charge is 2.33. The number of carbonyl (C=O) groups is 2. The normalized spacial score (nSPS) is 18.1. The number of amides is 2. The van der Waals surface area contributed by atoms with Crippen LogP contribution in [0, 0.1) is 0 Å². The third-order valence-corrected chi connectivity index (χ3v) is 7.13. The van der Waals surface area contributed by atoms with Crippen LogP contribution >= 0.6 is 23.4 Å². The summed E-state index contributed by atoms with van der Waals surface area (Å²) in [5.74, 6) is -0.375. The first-order chi connectivity index (χ1) is 17.2. The van der Waals surface area contributed by atoms with E-state index in [1.807, 2.05) is 11.0 Å². The van der Waals surface area contributed by atoms with Crippen molar-refractivity contribution < 1.29 is 22.8 Å². The van der Waals surface area contributed by atoms with Crippen molar-refractivity contribution in [2.75, 3.05) is 19.6 Å². The van der Waals surface area contributed by atoms with Crippen molar-refractivity contribution in [1.82, 2.24) is 20.0 Å². The van der Waals surface area contributed by atoms with Gasteiger partial charge in [0.1, 0.15) is 0 Å². The maximum absolute atomic E-state index is 13.5. The molecule has 1 fully saturated rings. The molecule has 3 aromatic rings. The highest BCUT2D eigenvalue weighted by Crippen LogP contribution is 2.35. The summed E-state index contributed by atoms with van der Waals surface area (Å²) in [6, 6.07) is 9.05. The zero-order chi connectivity index (χ0) is 25.4. The molecule has 1 N–H and O–H groups in total. The highest BCUT2D eigenvalue weighted by molar-refractivity contribution is 8.18. The molecule has 0 radical (unpaired) electrons. The van der Waals surface area contributed by atoms with Crippen LogP contribution in [0.25, 0.3) is 17.0 Å². The number of benzene rings is 2. The Hall–Kier alpha value is -3.31. The van der Waals surface area contributed by atoms with E-state index in [2.05, 4.69) is 15.4 Å². The number of nitrogens with one attached hydrogen (secondary N) is 1. The number of nitrogens with zero attached hydrogens (tertiary/aromatic N) is 4. The second kappa shape index (κ2) is 9.62. The molecule has 1 saturated heterocycles. The second-order valence-corrected chi connectivity index (χ2v) is 9.76. The lowest BCUT2D eigenvalue weighted by atomic mass is 10.1. The average molecular weight is 534 g/mol. The third-order valence-electron chi connectivity index (χ3n) is 5.85. The average Bonchev–Trinajstić information content (AvgIpc) is 3.31. The van der Waals surface area contributed by atoms with Crippen LogP contribution < -0.4 is 5.32 Å². The molecule has 2 aliphatic rings. The van der Waals surface area contributed by atoms with Gasteiger partial charge in [0.25, 0.3) is 5.91 Å². The Balaban J connectivity index is 1.35. The molecular formula is C24H19ClF3N5O2S. The van der Waals surface area contributed by atoms with Crippen LogP contribution in [0.1, 0.15) is 23.1 Å². The Kier molecular flexibility index (Phi) is 6.52. The summed E-state index contributed by atoms with van der Waals surface area (Å²) in [6.45, 7) is 1.49. The van der Waals surface area contributed by atoms with Crippen molar-refractivity contribution >= 4 is 57.3 Å². The number of fused-ring (bicyclic) bond motifs is 1. The molecular weight excluding hydrogens is 515 g/mol. The maximum Gasteiger partial charge on any atom is 0.416 e. The predicted octanol–water partition coefficient (Wildman–Crippen LogP) is 4.55. The monoisotopic (exact) mass is 533 g/mol. The van der Waals surface area contributed by atoms with Crippen LogP contribution in [0.15, 0.2) is 52.5 Å². The summed E-state index contributed by atoms with van der Waals surface area (Å²) in [4.78, 5) is 30.6. The zero-order valence-electron chi connectivity index (χ0n) is 18.7. The summed E-state index contributed by atoms with van der Waals surface area (Å²) in [7, 11) is 0. The van der Waals surface area contributed by atoms with Crippen LogP contribution in [-0.4, -0.2) is 51.3 Å². The van der Waals surface area contributed by atoms with Crippen LogP contribution in [0.5, 0.6) is 0 Å². The number of hydrogen-bond donors (Lipinski definition) is 1. The van der Waals surface area contributed by atoms with Gasteiger partial charge in [-0.1, -0.05) is 23.7 Å². The fraction of sp³-hybridized carbons (Fsp3) is 0.250. The topological polar surface area (TPSA) is 79.6 Å². The van der Waals surface area contributed by atoms with Gasteiger partial charge in [-0.2, -0.15) is 23.3 Å². The van der Waals surface area contributed by atoms with Gasteiger partial charge < -0.3 is 10.2 Å². The Labute approximate surface area is 213 Å². The van der Waals surface area contributed by atoms with E-state index in [4.69, 9.17) is 11.6 Å². The van der Waals surface area contributed by atoms with E-state index in [0.717, 1.165) is 17.0 Å². The van der Waals surface area contributed by atoms with Crippen molar-refractivity contribution in [3.8, 4) is 0 Å². The molecule has 2 aliphatic heterocycles. The number of rotatable bonds is 3. The quantitative estimate of drug-likeness (QED) is 0.500. The molecule has 0 aliphatic carbocycles. The minimum absolute atomic E-state index is 0.0153. The summed E-state index contributed by atoms with van der Waals surface area (Å²) in [6.07, 6.45) is -0.891. The lowest BCUT2D eigenvalue weighted by Crippen LogP contribution is -2.31. The molecule has 0 atom stereocenters. The number of thioether (sulfide) groups is 1. The maximum atomic E-state index is 13.5. The van der Waals surface area contributed by atoms with Gasteiger partial charge in [-0.3, -0.25) is 14.3 Å². The Morgan fingerprint density at radius 1 is 1.14 bits per heavy atom. The van der Waals surface area contributed by atoms with Gasteiger partial charge in [0, 0.05) is 36.5 Å². The van der Waals surface area contributed by atoms with Crippen LogP contribution in [0.4, 0.5) is 13.2 Å². The highest BCUT2D eigenvalue weighted by atomic mass is 35.5. The molecule has 1 aromatic heterocycles. The first kappa shape index (κ1) is 24.4. The standard InChI is InChI=1S/C24H19ClF3N5O2S/c25-17-3-2-15(18(11-17)24(26,27)28)13-33-19-4-1-14(9-16(19)12-30-33)10-20-22(35)31-23(36-20)32-7-5-21(34)29-6-8-32/h1-4,9-12H,5-8,13H2,(H,29,34). The lowest BCUT2D eigenvalue weighted by molar-refractivity contribution is -0.138. The van der Waals surface area contributed by atoms with Gasteiger partial charge in [0.2, 0.25) is 5.91 Å². The Bertz CT molecular complexity index is 1430. The van der Waals surface area contributed by atoms with Crippen molar-refractivity contribution in [3.05, 3.63) is 69.2 Å². The number of aliphatic imine (C=N–C) groups is 1. The number of carbonyl (C=O) groups excluding carboxylic acids is 2. The van der Waals surface area contributed by atoms with Gasteiger partial charge in [-0.25, -0.2) is 0 Å². The van der Waals surface area contributed by atoms with E-state index >= 15 is 0 Å². The summed E-state index contributed by atoms with van der Waals surface area (Å²) < 4.78 is 41.9. The van der Waals surface area contributed by atoms with Crippen molar-refractivity contribution in [2.24, 2.45) is 4.99 Å². The van der Waals surface area contributed by atoms with E-state index in [1.165, 1.54) is 28.6 Å². The van der Waals surface area contributed by atoms with Gasteiger partial charge in [-0.15, -0.1) is 0 Å². The number of halogens is 4. The SMILES string of the molecule is O=C1CCN(C2=NC(=O)C(=Cc3ccc4c(cnn4Cc4ccc(Cl)cc4C(F)(F)F)c3)S2)CCN1. The van der Waals surface area contributed by atoms with Crippen LogP contribution in [0.3, 0.4) is 0 Å². The van der Waals surface area contributed by atoms with E-state index in [1.54, 1.807) is 24.4 Å². The van der Waals surface area contributed by atoms with Gasteiger partial charge in [0.05, 0.1) is 28.7 Å². The molecule has 0 spiro atoms. The van der Waals surface area contributed by atoms with E-state index in [9.17, 15) is 22.8 Å². The minimum Gasteiger partial charge on any atom is -0.354 e. The Morgan fingerprint density at radius 2 is 1.97 bits per heavy atom. The Morgan fingerprint density at radius 3 is 2.78 bits per heavy atom. The van der Waals surface area contributed by atoms with Crippen molar-refractivity contribution in [3.63, 3.8) is 0 Å². The van der Waals surface area contributed by atoms with E-state index < -0.39 is 11.7 Å². The van der Waals surface area contributed by atoms with Gasteiger partial charge in [0.15, 0.2) is 5.17 Å². The van der Waals surface area contributed by atoms with Crippen LogP contribution in [-0.2, 0) is 22.3 Å². The van der Waals surface area contributed by atoms with Gasteiger partial charge >= 0.3 is 6.18 Å². The van der Waals surface area contributed by atoms with E-state index in [0.29, 0.717) is 41.6 Å². The number of hydrogen-bond acceptors (Lipinski definition) is 5. The minimum atomic E-state index is -4.53. The first-order valence-electron chi connectivity index (χ1n) is 11.0. The molecule has 2 aromatic carbocycles.